The molecule has 26 heavy (non-hydrogen) atoms. The average molecular weight is 417 g/mol. The second-order valence-corrected chi connectivity index (χ2v) is 7.44. The molecule has 0 saturated heterocycles. The number of aromatic nitrogens is 1. The van der Waals surface area contributed by atoms with Crippen LogP contribution in [-0.2, 0) is 12.8 Å². The van der Waals surface area contributed by atoms with Crippen molar-refractivity contribution in [1.82, 2.24) is 4.98 Å². The molecule has 0 spiro atoms. The monoisotopic (exact) mass is 416 g/mol. The molecule has 0 fully saturated rings. The summed E-state index contributed by atoms with van der Waals surface area (Å²) < 4.78 is 20.7. The van der Waals surface area contributed by atoms with Crippen LogP contribution in [0.25, 0.3) is 11.3 Å². The molecule has 1 atom stereocenters. The van der Waals surface area contributed by atoms with Crippen LogP contribution in [0.5, 0.6) is 0 Å². The molecule has 1 aliphatic carbocycles. The second kappa shape index (κ2) is 6.85. The van der Waals surface area contributed by atoms with Crippen LogP contribution in [0.1, 0.15) is 23.2 Å². The van der Waals surface area contributed by atoms with Gasteiger partial charge < -0.3 is 14.8 Å². The number of rotatable bonds is 3. The first-order chi connectivity index (χ1) is 12.5. The summed E-state index contributed by atoms with van der Waals surface area (Å²) in [7, 11) is 0. The van der Waals surface area contributed by atoms with E-state index in [0.29, 0.717) is 33.9 Å². The van der Waals surface area contributed by atoms with Crippen LogP contribution in [0, 0.1) is 12.7 Å². The fraction of sp³-hybridized carbons (Fsp3) is 0.250. The number of halogens is 2. The molecule has 4 nitrogen and oxygen atoms in total. The van der Waals surface area contributed by atoms with E-state index in [9.17, 15) is 9.50 Å². The number of aliphatic hydroxyl groups excluding tert-OH is 1. The maximum atomic E-state index is 14.3. The van der Waals surface area contributed by atoms with Crippen molar-refractivity contribution in [1.29, 1.82) is 0 Å². The van der Waals surface area contributed by atoms with Gasteiger partial charge in [0.05, 0.1) is 17.4 Å². The summed E-state index contributed by atoms with van der Waals surface area (Å²) in [5.41, 5.74) is 4.15. The Balaban J connectivity index is 1.67. The number of aryl methyl sites for hydroxylation is 2. The van der Waals surface area contributed by atoms with Gasteiger partial charge in [0.15, 0.2) is 5.76 Å². The lowest BCUT2D eigenvalue weighted by Gasteiger charge is -2.23. The zero-order valence-corrected chi connectivity index (χ0v) is 15.8. The Labute approximate surface area is 159 Å². The molecular formula is C20H18BrFN2O2. The number of fused-ring (bicyclic) bond motifs is 1. The van der Waals surface area contributed by atoms with Gasteiger partial charge in [0.2, 0.25) is 0 Å². The molecule has 6 heteroatoms. The number of oxazole rings is 1. The third-order valence-corrected chi connectivity index (χ3v) is 5.17. The van der Waals surface area contributed by atoms with Gasteiger partial charge in [-0.25, -0.2) is 4.39 Å². The molecule has 134 valence electrons. The van der Waals surface area contributed by atoms with Crippen LogP contribution in [0.2, 0.25) is 0 Å². The van der Waals surface area contributed by atoms with E-state index in [4.69, 9.17) is 4.42 Å². The lowest BCUT2D eigenvalue weighted by molar-refractivity contribution is 0.159. The summed E-state index contributed by atoms with van der Waals surface area (Å²) in [5.74, 6) is 0.0349. The Morgan fingerprint density at radius 2 is 2.15 bits per heavy atom. The largest absolute Gasteiger partial charge is 0.423 e. The quantitative estimate of drug-likeness (QED) is 0.619. The van der Waals surface area contributed by atoms with E-state index in [1.54, 1.807) is 19.1 Å². The highest BCUT2D eigenvalue weighted by Gasteiger charge is 2.21. The molecule has 1 heterocycles. The standard InChI is InChI=1S/C20H18BrFN2O2/c1-11-19(15-8-6-13(21)9-17(15)22)26-20(23-11)24-18-4-2-3-12-5-7-14(25)10-16(12)18/h2-4,6,8-9,14,25H,5,7,10H2,1H3,(H,23,24). The number of nitrogens with one attached hydrogen (secondary N) is 1. The molecule has 0 saturated carbocycles. The number of hydrogen-bond acceptors (Lipinski definition) is 4. The van der Waals surface area contributed by atoms with Crippen molar-refractivity contribution in [3.8, 4) is 11.3 Å². The van der Waals surface area contributed by atoms with Crippen LogP contribution in [0.4, 0.5) is 16.1 Å². The van der Waals surface area contributed by atoms with Crippen LogP contribution < -0.4 is 5.32 Å². The molecule has 2 aromatic carbocycles. The van der Waals surface area contributed by atoms with E-state index in [0.717, 1.165) is 24.1 Å². The zero-order valence-electron chi connectivity index (χ0n) is 14.2. The fourth-order valence-electron chi connectivity index (χ4n) is 3.38. The highest BCUT2D eigenvalue weighted by molar-refractivity contribution is 9.10. The van der Waals surface area contributed by atoms with Crippen molar-refractivity contribution in [3.63, 3.8) is 0 Å². The predicted molar refractivity (Wildman–Crippen MR) is 102 cm³/mol. The van der Waals surface area contributed by atoms with E-state index in [2.05, 4.69) is 32.3 Å². The van der Waals surface area contributed by atoms with Crippen LogP contribution >= 0.6 is 15.9 Å². The molecular weight excluding hydrogens is 399 g/mol. The Morgan fingerprint density at radius 1 is 1.31 bits per heavy atom. The fourth-order valence-corrected chi connectivity index (χ4v) is 3.71. The van der Waals surface area contributed by atoms with E-state index in [-0.39, 0.29) is 11.9 Å². The minimum Gasteiger partial charge on any atom is -0.423 e. The third kappa shape index (κ3) is 3.27. The van der Waals surface area contributed by atoms with E-state index in [1.807, 2.05) is 12.1 Å². The van der Waals surface area contributed by atoms with E-state index >= 15 is 0 Å². The van der Waals surface area contributed by atoms with Gasteiger partial charge in [0.1, 0.15) is 5.82 Å². The molecule has 3 aromatic rings. The third-order valence-electron chi connectivity index (χ3n) is 4.67. The first kappa shape index (κ1) is 17.2. The minimum atomic E-state index is -0.370. The summed E-state index contributed by atoms with van der Waals surface area (Å²) in [6.45, 7) is 1.79. The highest BCUT2D eigenvalue weighted by Crippen LogP contribution is 2.34. The van der Waals surface area contributed by atoms with Crippen molar-refractivity contribution in [2.45, 2.75) is 32.3 Å². The van der Waals surface area contributed by atoms with Gasteiger partial charge in [-0.05, 0) is 55.2 Å². The highest BCUT2D eigenvalue weighted by atomic mass is 79.9. The van der Waals surface area contributed by atoms with Gasteiger partial charge in [-0.15, -0.1) is 0 Å². The van der Waals surface area contributed by atoms with Crippen LogP contribution in [0.3, 0.4) is 0 Å². The molecule has 0 aliphatic heterocycles. The number of nitrogens with zero attached hydrogens (tertiary/aromatic N) is 1. The smallest absolute Gasteiger partial charge is 0.299 e. The van der Waals surface area contributed by atoms with Crippen molar-refractivity contribution in [3.05, 3.63) is 63.5 Å². The van der Waals surface area contributed by atoms with Gasteiger partial charge in [-0.2, -0.15) is 4.98 Å². The molecule has 0 radical (unpaired) electrons. The number of anilines is 2. The van der Waals surface area contributed by atoms with Gasteiger partial charge >= 0.3 is 0 Å². The Morgan fingerprint density at radius 3 is 2.96 bits per heavy atom. The van der Waals surface area contributed by atoms with Crippen molar-refractivity contribution in [2.75, 3.05) is 5.32 Å². The Kier molecular flexibility index (Phi) is 4.54. The van der Waals surface area contributed by atoms with Gasteiger partial charge in [0.25, 0.3) is 6.01 Å². The van der Waals surface area contributed by atoms with E-state index in [1.165, 1.54) is 11.6 Å². The summed E-state index contributed by atoms with van der Waals surface area (Å²) in [4.78, 5) is 4.40. The van der Waals surface area contributed by atoms with Crippen molar-refractivity contribution < 1.29 is 13.9 Å². The maximum absolute atomic E-state index is 14.3. The van der Waals surface area contributed by atoms with E-state index < -0.39 is 0 Å². The topological polar surface area (TPSA) is 58.3 Å². The average Bonchev–Trinajstić information content (AvgIpc) is 2.95. The first-order valence-corrected chi connectivity index (χ1v) is 9.29. The summed E-state index contributed by atoms with van der Waals surface area (Å²) in [6, 6.07) is 11.1. The number of benzene rings is 2. The van der Waals surface area contributed by atoms with Crippen LogP contribution in [0.15, 0.2) is 45.3 Å². The molecule has 1 aliphatic rings. The van der Waals surface area contributed by atoms with Gasteiger partial charge in [-0.1, -0.05) is 28.1 Å². The number of aliphatic hydroxyl groups is 1. The lowest BCUT2D eigenvalue weighted by Crippen LogP contribution is -2.19. The molecule has 2 N–H and O–H groups in total. The first-order valence-electron chi connectivity index (χ1n) is 8.50. The van der Waals surface area contributed by atoms with Crippen LogP contribution in [-0.4, -0.2) is 16.2 Å². The Hall–Kier alpha value is -2.18. The molecule has 0 bridgehead atoms. The van der Waals surface area contributed by atoms with Crippen molar-refractivity contribution >= 4 is 27.6 Å². The lowest BCUT2D eigenvalue weighted by atomic mass is 9.88. The maximum Gasteiger partial charge on any atom is 0.299 e. The zero-order chi connectivity index (χ0) is 18.3. The number of hydrogen-bond donors (Lipinski definition) is 2. The SMILES string of the molecule is Cc1nc(Nc2cccc3c2CC(O)CC3)oc1-c1ccc(Br)cc1F. The molecule has 4 rings (SSSR count). The van der Waals surface area contributed by atoms with Gasteiger partial charge in [0, 0.05) is 16.6 Å². The van der Waals surface area contributed by atoms with Gasteiger partial charge in [-0.3, -0.25) is 0 Å². The Bertz CT molecular complexity index is 970. The summed E-state index contributed by atoms with van der Waals surface area (Å²) in [6.07, 6.45) is 1.91. The second-order valence-electron chi connectivity index (χ2n) is 6.52. The minimum absolute atomic E-state index is 0.313. The molecule has 0 amide bonds. The van der Waals surface area contributed by atoms with Crippen molar-refractivity contribution in [2.24, 2.45) is 0 Å². The molecule has 1 unspecified atom stereocenters. The predicted octanol–water partition coefficient (Wildman–Crippen LogP) is 5.14. The summed E-state index contributed by atoms with van der Waals surface area (Å²) in [5, 5.41) is 13.2. The molecule has 1 aromatic heterocycles. The normalized spacial score (nSPS) is 16.4. The summed E-state index contributed by atoms with van der Waals surface area (Å²) >= 11 is 3.26.